The van der Waals surface area contributed by atoms with Gasteiger partial charge in [-0.15, -0.1) is 0 Å². The predicted molar refractivity (Wildman–Crippen MR) is 43.0 cm³/mol. The molecule has 2 radical (unpaired) electrons. The molecule has 5 heteroatoms. The first kappa shape index (κ1) is 14.9. The third-order valence-electron chi connectivity index (χ3n) is 1.24. The fourth-order valence-electron chi connectivity index (χ4n) is 0.615. The van der Waals surface area contributed by atoms with E-state index in [4.69, 9.17) is 7.85 Å². The minimum Gasteiger partial charge on any atom is -0.459 e. The first-order valence-corrected chi connectivity index (χ1v) is 3.44. The molecule has 0 heterocycles. The van der Waals surface area contributed by atoms with Crippen molar-refractivity contribution in [3.05, 3.63) is 7.05 Å². The van der Waals surface area contributed by atoms with Crippen LogP contribution in [0.4, 0.5) is 0 Å². The number of hydrogen-bond acceptors (Lipinski definition) is 3. The van der Waals surface area contributed by atoms with Crippen LogP contribution in [0.1, 0.15) is 12.8 Å². The Balaban J connectivity index is 0. The van der Waals surface area contributed by atoms with Crippen LogP contribution in [0.3, 0.4) is 0 Å². The van der Waals surface area contributed by atoms with Crippen LogP contribution >= 0.6 is 0 Å². The molecule has 0 saturated carbocycles. The minimum absolute atomic E-state index is 0. The number of nitrogens with zero attached hydrogens (tertiary/aromatic N) is 1. The molecule has 0 aromatic carbocycles. The number of hydrogen-bond donors (Lipinski definition) is 0. The van der Waals surface area contributed by atoms with E-state index in [1.165, 1.54) is 0 Å². The minimum atomic E-state index is -0.343. The molecule has 0 aliphatic heterocycles. The van der Waals surface area contributed by atoms with Gasteiger partial charge in [0.05, 0.1) is 5.68 Å². The monoisotopic (exact) mass is 390 g/mol. The molecule has 0 saturated heterocycles. The van der Waals surface area contributed by atoms with E-state index in [1.54, 1.807) is 4.90 Å². The van der Waals surface area contributed by atoms with Crippen molar-refractivity contribution < 1.29 is 40.7 Å². The molecule has 0 atom stereocenters. The van der Waals surface area contributed by atoms with Gasteiger partial charge in [-0.1, -0.05) is 0 Å². The topological polar surface area (TPSA) is 37.4 Å². The average Bonchev–Trinajstić information content (AvgIpc) is 1.97. The van der Waals surface area contributed by atoms with Crippen LogP contribution in [0.2, 0.25) is 0 Å². The summed E-state index contributed by atoms with van der Waals surface area (Å²) in [5.74, 6) is 0. The fourth-order valence-corrected chi connectivity index (χ4v) is 0.615. The molecule has 3 nitrogen and oxygen atoms in total. The van der Waals surface area contributed by atoms with Gasteiger partial charge in [-0.25, -0.2) is 0 Å². The standard InChI is InChI=1S/C7H11BNO2.U/c1-9(4-2-6-10)5-3-7(8)11;/h6H,1-5H2;/q-1;. The van der Waals surface area contributed by atoms with Gasteiger partial charge >= 0.3 is 0 Å². The van der Waals surface area contributed by atoms with Crippen molar-refractivity contribution in [2.24, 2.45) is 0 Å². The summed E-state index contributed by atoms with van der Waals surface area (Å²) in [5, 5.41) is 0. The van der Waals surface area contributed by atoms with Crippen molar-refractivity contribution in [3.63, 3.8) is 0 Å². The van der Waals surface area contributed by atoms with E-state index in [0.717, 1.165) is 6.29 Å². The van der Waals surface area contributed by atoms with Gasteiger partial charge in [0.2, 0.25) is 0 Å². The molecule has 0 unspecified atom stereocenters. The van der Waals surface area contributed by atoms with Crippen molar-refractivity contribution in [2.45, 2.75) is 12.8 Å². The Hall–Kier alpha value is 0.417. The Morgan fingerprint density at radius 1 is 1.50 bits per heavy atom. The van der Waals surface area contributed by atoms with Crippen molar-refractivity contribution in [1.82, 2.24) is 4.90 Å². The normalized spacial score (nSPS) is 9.17. The van der Waals surface area contributed by atoms with E-state index < -0.39 is 0 Å². The third-order valence-corrected chi connectivity index (χ3v) is 1.24. The molecule has 0 N–H and O–H groups in total. The average molecular weight is 390 g/mol. The van der Waals surface area contributed by atoms with Gasteiger partial charge in [-0.05, 0) is 13.1 Å². The van der Waals surface area contributed by atoms with Crippen molar-refractivity contribution >= 4 is 19.8 Å². The molecular weight excluding hydrogens is 379 g/mol. The van der Waals surface area contributed by atoms with Gasteiger partial charge in [0, 0.05) is 44.0 Å². The van der Waals surface area contributed by atoms with E-state index in [2.05, 4.69) is 7.05 Å². The Morgan fingerprint density at radius 3 is 2.50 bits per heavy atom. The zero-order chi connectivity index (χ0) is 8.69. The van der Waals surface area contributed by atoms with E-state index in [1.807, 2.05) is 0 Å². The summed E-state index contributed by atoms with van der Waals surface area (Å²) in [4.78, 5) is 21.8. The Bertz CT molecular complexity index is 143. The molecule has 0 aliphatic rings. The van der Waals surface area contributed by atoms with Gasteiger partial charge in [-0.2, -0.15) is 0 Å². The summed E-state index contributed by atoms with van der Waals surface area (Å²) >= 11 is 0. The van der Waals surface area contributed by atoms with E-state index >= 15 is 0 Å². The van der Waals surface area contributed by atoms with Crippen molar-refractivity contribution in [3.8, 4) is 0 Å². The van der Waals surface area contributed by atoms with Crippen LogP contribution in [-0.2, 0) is 9.59 Å². The van der Waals surface area contributed by atoms with Gasteiger partial charge in [-0.3, -0.25) is 7.05 Å². The van der Waals surface area contributed by atoms with Crippen LogP contribution < -0.4 is 0 Å². The first-order valence-electron chi connectivity index (χ1n) is 3.44. The van der Waals surface area contributed by atoms with Gasteiger partial charge in [0.25, 0.3) is 0 Å². The zero-order valence-electron chi connectivity index (χ0n) is 6.95. The van der Waals surface area contributed by atoms with E-state index in [9.17, 15) is 9.59 Å². The van der Waals surface area contributed by atoms with Crippen LogP contribution in [0.15, 0.2) is 0 Å². The third kappa shape index (κ3) is 10.4. The summed E-state index contributed by atoms with van der Waals surface area (Å²) in [6, 6.07) is 0. The molecule has 0 amide bonds. The van der Waals surface area contributed by atoms with Crippen LogP contribution in [0.5, 0.6) is 0 Å². The summed E-state index contributed by atoms with van der Waals surface area (Å²) < 4.78 is 0. The predicted octanol–water partition coefficient (Wildman–Crippen LogP) is -0.246. The number of aldehydes is 1. The SMILES string of the molecule is [B]C(=O)CCN([CH2-])CCC=O.[U]. The first-order chi connectivity index (χ1) is 5.16. The second kappa shape index (κ2) is 9.50. The Morgan fingerprint density at radius 2 is 2.08 bits per heavy atom. The number of rotatable bonds is 6. The maximum Gasteiger partial charge on any atom is 0.167 e. The molecule has 0 rings (SSSR count). The fraction of sp³-hybridized carbons (Fsp3) is 0.571. The largest absolute Gasteiger partial charge is 0.459 e. The molecule has 0 aromatic heterocycles. The zero-order valence-corrected chi connectivity index (χ0v) is 11.1. The number of carbonyl (C=O) groups is 2. The number of carbonyl (C=O) groups excluding carboxylic acids is 2. The molecule has 0 aromatic rings. The summed E-state index contributed by atoms with van der Waals surface area (Å²) in [6.45, 7) is 1.10. The molecule has 0 bridgehead atoms. The van der Waals surface area contributed by atoms with E-state index in [0.29, 0.717) is 25.9 Å². The van der Waals surface area contributed by atoms with Crippen LogP contribution in [0, 0.1) is 38.2 Å². The second-order valence-electron chi connectivity index (χ2n) is 2.29. The second-order valence-corrected chi connectivity index (χ2v) is 2.29. The van der Waals surface area contributed by atoms with Crippen molar-refractivity contribution in [1.29, 1.82) is 0 Å². The Labute approximate surface area is 98.0 Å². The van der Waals surface area contributed by atoms with Crippen molar-refractivity contribution in [2.75, 3.05) is 13.1 Å². The van der Waals surface area contributed by atoms with Gasteiger partial charge in [0.15, 0.2) is 7.85 Å². The summed E-state index contributed by atoms with van der Waals surface area (Å²) in [5.41, 5.74) is -0.343. The molecule has 64 valence electrons. The molecular formula is C7H11BNO2U-. The van der Waals surface area contributed by atoms with Gasteiger partial charge in [0.1, 0.15) is 6.29 Å². The van der Waals surface area contributed by atoms with E-state index in [-0.39, 0.29) is 36.8 Å². The quantitative estimate of drug-likeness (QED) is 0.357. The molecule has 12 heavy (non-hydrogen) atoms. The molecule has 0 spiro atoms. The Kier molecular flexibility index (Phi) is 11.8. The maximum absolute atomic E-state index is 10.3. The smallest absolute Gasteiger partial charge is 0.167 e. The van der Waals surface area contributed by atoms with Gasteiger partial charge < -0.3 is 14.5 Å². The summed E-state index contributed by atoms with van der Waals surface area (Å²) in [6.07, 6.45) is 1.56. The molecule has 0 aliphatic carbocycles. The van der Waals surface area contributed by atoms with Crippen LogP contribution in [0.25, 0.3) is 0 Å². The maximum atomic E-state index is 10.3. The van der Waals surface area contributed by atoms with Crippen LogP contribution in [-0.4, -0.2) is 37.8 Å². The molecule has 0 fully saturated rings. The summed E-state index contributed by atoms with van der Waals surface area (Å²) in [7, 11) is 8.52.